The molecule has 7 nitrogen and oxygen atoms in total. The van der Waals surface area contributed by atoms with Gasteiger partial charge >= 0.3 is 6.03 Å². The van der Waals surface area contributed by atoms with Crippen molar-refractivity contribution < 1.29 is 18.4 Å². The number of urea groups is 1. The monoisotopic (exact) mass is 484 g/mol. The number of benzene rings is 3. The molecule has 0 aliphatic carbocycles. The number of carbonyl (C=O) groups excluding carboxylic acids is 1. The molecule has 4 aromatic rings. The molecule has 182 valence electrons. The largest absolute Gasteiger partial charge is 0.497 e. The van der Waals surface area contributed by atoms with Crippen molar-refractivity contribution in [1.82, 2.24) is 20.4 Å². The minimum absolute atomic E-state index is 0.224. The topological polar surface area (TPSA) is 80.5 Å². The molecule has 0 saturated carbocycles. The predicted octanol–water partition coefficient (Wildman–Crippen LogP) is 5.89. The van der Waals surface area contributed by atoms with Crippen LogP contribution in [0.25, 0.3) is 17.0 Å². The predicted molar refractivity (Wildman–Crippen MR) is 133 cm³/mol. The molecule has 8 heteroatoms. The van der Waals surface area contributed by atoms with E-state index in [2.05, 4.69) is 15.5 Å². The number of aryl methyl sites for hydroxylation is 1. The lowest BCUT2D eigenvalue weighted by Crippen LogP contribution is -2.45. The number of allylic oxidation sites excluding steroid dienone is 1. The van der Waals surface area contributed by atoms with Crippen molar-refractivity contribution in [2.75, 3.05) is 7.11 Å². The van der Waals surface area contributed by atoms with Crippen LogP contribution in [0.2, 0.25) is 0 Å². The highest BCUT2D eigenvalue weighted by Gasteiger charge is 2.36. The van der Waals surface area contributed by atoms with Crippen molar-refractivity contribution in [1.29, 1.82) is 0 Å². The number of amides is 2. The summed E-state index contributed by atoms with van der Waals surface area (Å²) in [7, 11) is 1.60. The lowest BCUT2D eigenvalue weighted by molar-refractivity contribution is 0.203. The zero-order valence-corrected chi connectivity index (χ0v) is 20.2. The molecule has 0 radical (unpaired) electrons. The first-order valence-corrected chi connectivity index (χ1v) is 11.5. The summed E-state index contributed by atoms with van der Waals surface area (Å²) in [6, 6.07) is 20.6. The number of ether oxygens (including phenoxy) is 1. The smallest absolute Gasteiger partial charge is 0.322 e. The number of carbonyl (C=O) groups is 1. The lowest BCUT2D eigenvalue weighted by atomic mass is 9.94. The number of methoxy groups -OCH3 is 1. The maximum Gasteiger partial charge on any atom is 0.322 e. The first kappa shape index (κ1) is 23.3. The van der Waals surface area contributed by atoms with Crippen LogP contribution < -0.4 is 10.1 Å². The second kappa shape index (κ2) is 9.65. The number of hydrogen-bond donors (Lipinski definition) is 1. The van der Waals surface area contributed by atoms with E-state index in [9.17, 15) is 9.18 Å². The van der Waals surface area contributed by atoms with E-state index in [1.165, 1.54) is 12.1 Å². The van der Waals surface area contributed by atoms with Gasteiger partial charge < -0.3 is 14.6 Å². The zero-order valence-electron chi connectivity index (χ0n) is 20.2. The molecular formula is C28H25FN4O3. The molecule has 1 aliphatic rings. The summed E-state index contributed by atoms with van der Waals surface area (Å²) in [6.07, 6.45) is 0. The van der Waals surface area contributed by atoms with Crippen LogP contribution in [0.1, 0.15) is 35.5 Å². The highest BCUT2D eigenvalue weighted by molar-refractivity contribution is 5.87. The van der Waals surface area contributed by atoms with Crippen molar-refractivity contribution in [3.8, 4) is 17.1 Å². The second-order valence-corrected chi connectivity index (χ2v) is 8.60. The van der Waals surface area contributed by atoms with Gasteiger partial charge in [-0.2, -0.15) is 4.98 Å². The van der Waals surface area contributed by atoms with E-state index in [0.29, 0.717) is 35.0 Å². The molecule has 0 spiro atoms. The average molecular weight is 485 g/mol. The molecule has 5 rings (SSSR count). The Labute approximate surface area is 208 Å². The SMILES string of the molecule is COc1ccc(C2NC(=O)N(Cc3ccccc3C)C(C)=C2c2nc(-c3ccc(F)cc3)no2)cc1. The molecule has 36 heavy (non-hydrogen) atoms. The van der Waals surface area contributed by atoms with Gasteiger partial charge in [0, 0.05) is 11.3 Å². The van der Waals surface area contributed by atoms with Gasteiger partial charge in [-0.1, -0.05) is 41.6 Å². The van der Waals surface area contributed by atoms with Crippen molar-refractivity contribution in [2.24, 2.45) is 0 Å². The molecule has 0 saturated heterocycles. The Hall–Kier alpha value is -4.46. The van der Waals surface area contributed by atoms with Gasteiger partial charge in [0.2, 0.25) is 5.82 Å². The van der Waals surface area contributed by atoms with Crippen LogP contribution in [0.15, 0.2) is 83.0 Å². The van der Waals surface area contributed by atoms with E-state index in [0.717, 1.165) is 16.7 Å². The maximum absolute atomic E-state index is 13.4. The quantitative estimate of drug-likeness (QED) is 0.369. The number of nitrogens with zero attached hydrogens (tertiary/aromatic N) is 3. The molecule has 2 amide bonds. The summed E-state index contributed by atoms with van der Waals surface area (Å²) in [6.45, 7) is 4.29. The molecule has 2 heterocycles. The van der Waals surface area contributed by atoms with Gasteiger partial charge in [-0.25, -0.2) is 9.18 Å². The standard InChI is InChI=1S/C28H25FN4O3/c1-17-6-4-5-7-21(17)16-33-18(2)24(25(30-28(33)34)19-10-14-23(35-3)15-11-19)27-31-26(32-36-27)20-8-12-22(29)13-9-20/h4-15,25H,16H2,1-3H3,(H,30,34). The van der Waals surface area contributed by atoms with Crippen LogP contribution in [-0.2, 0) is 6.54 Å². The van der Waals surface area contributed by atoms with Crippen LogP contribution in [0.5, 0.6) is 5.75 Å². The average Bonchev–Trinajstić information content (AvgIpc) is 3.37. The minimum Gasteiger partial charge on any atom is -0.497 e. The Morgan fingerprint density at radius 3 is 2.44 bits per heavy atom. The first-order chi connectivity index (χ1) is 17.4. The van der Waals surface area contributed by atoms with E-state index < -0.39 is 6.04 Å². The van der Waals surface area contributed by atoms with E-state index in [-0.39, 0.29) is 17.7 Å². The summed E-state index contributed by atoms with van der Waals surface area (Å²) >= 11 is 0. The van der Waals surface area contributed by atoms with E-state index in [1.807, 2.05) is 62.4 Å². The molecule has 1 N–H and O–H groups in total. The minimum atomic E-state index is -0.516. The van der Waals surface area contributed by atoms with Gasteiger partial charge in [0.1, 0.15) is 11.6 Å². The molecular weight excluding hydrogens is 459 g/mol. The summed E-state index contributed by atoms with van der Waals surface area (Å²) in [4.78, 5) is 19.6. The Balaban J connectivity index is 1.59. The summed E-state index contributed by atoms with van der Waals surface area (Å²) in [5.74, 6) is 0.978. The highest BCUT2D eigenvalue weighted by atomic mass is 19.1. The molecule has 1 aromatic heterocycles. The Bertz CT molecular complexity index is 1430. The summed E-state index contributed by atoms with van der Waals surface area (Å²) < 4.78 is 24.4. The highest BCUT2D eigenvalue weighted by Crippen LogP contribution is 2.38. The van der Waals surface area contributed by atoms with Crippen LogP contribution in [-0.4, -0.2) is 28.2 Å². The van der Waals surface area contributed by atoms with Gasteiger partial charge in [-0.15, -0.1) is 0 Å². The van der Waals surface area contributed by atoms with Crippen molar-refractivity contribution in [3.05, 3.63) is 107 Å². The Morgan fingerprint density at radius 1 is 1.03 bits per heavy atom. The third-order valence-corrected chi connectivity index (χ3v) is 6.39. The van der Waals surface area contributed by atoms with Gasteiger partial charge in [-0.3, -0.25) is 4.90 Å². The van der Waals surface area contributed by atoms with E-state index in [4.69, 9.17) is 9.26 Å². The van der Waals surface area contributed by atoms with Crippen LogP contribution in [0.4, 0.5) is 9.18 Å². The van der Waals surface area contributed by atoms with Gasteiger partial charge in [0.25, 0.3) is 5.89 Å². The molecule has 1 unspecified atom stereocenters. The number of hydrogen-bond acceptors (Lipinski definition) is 5. The van der Waals surface area contributed by atoms with Crippen molar-refractivity contribution in [2.45, 2.75) is 26.4 Å². The fourth-order valence-electron chi connectivity index (χ4n) is 4.30. The van der Waals surface area contributed by atoms with Gasteiger partial charge in [0.15, 0.2) is 0 Å². The van der Waals surface area contributed by atoms with Crippen LogP contribution in [0, 0.1) is 12.7 Å². The van der Waals surface area contributed by atoms with E-state index in [1.54, 1.807) is 24.1 Å². The normalized spacial score (nSPS) is 15.7. The van der Waals surface area contributed by atoms with Crippen molar-refractivity contribution in [3.63, 3.8) is 0 Å². The number of halogens is 1. The zero-order chi connectivity index (χ0) is 25.2. The number of nitrogens with one attached hydrogen (secondary N) is 1. The Morgan fingerprint density at radius 2 is 1.75 bits per heavy atom. The van der Waals surface area contributed by atoms with Gasteiger partial charge in [0.05, 0.1) is 25.3 Å². The van der Waals surface area contributed by atoms with E-state index >= 15 is 0 Å². The second-order valence-electron chi connectivity index (χ2n) is 8.60. The fraction of sp³-hybridized carbons (Fsp3) is 0.179. The molecule has 1 atom stereocenters. The molecule has 0 fully saturated rings. The van der Waals surface area contributed by atoms with Crippen LogP contribution >= 0.6 is 0 Å². The van der Waals surface area contributed by atoms with Crippen molar-refractivity contribution >= 4 is 11.6 Å². The fourth-order valence-corrected chi connectivity index (χ4v) is 4.30. The third-order valence-electron chi connectivity index (χ3n) is 6.39. The summed E-state index contributed by atoms with van der Waals surface area (Å²) in [5.41, 5.74) is 4.99. The lowest BCUT2D eigenvalue weighted by Gasteiger charge is -2.35. The number of rotatable bonds is 6. The molecule has 0 bridgehead atoms. The Kier molecular flexibility index (Phi) is 6.25. The van der Waals surface area contributed by atoms with Gasteiger partial charge in [-0.05, 0) is 66.9 Å². The summed E-state index contributed by atoms with van der Waals surface area (Å²) in [5, 5.41) is 7.24. The molecule has 1 aliphatic heterocycles. The molecule has 3 aromatic carbocycles. The van der Waals surface area contributed by atoms with Crippen LogP contribution in [0.3, 0.4) is 0 Å². The first-order valence-electron chi connectivity index (χ1n) is 11.5. The number of aromatic nitrogens is 2. The maximum atomic E-state index is 13.4. The third kappa shape index (κ3) is 4.45.